The van der Waals surface area contributed by atoms with E-state index in [1.54, 1.807) is 0 Å². The molecule has 0 radical (unpaired) electrons. The van der Waals surface area contributed by atoms with Gasteiger partial charge in [-0.1, -0.05) is 18.0 Å². The van der Waals surface area contributed by atoms with Crippen molar-refractivity contribution in [1.82, 2.24) is 0 Å². The smallest absolute Gasteiger partial charge is 0.188 e. The van der Waals surface area contributed by atoms with Crippen molar-refractivity contribution in [3.8, 4) is 5.75 Å². The number of halogens is 3. The number of hydrogen-bond acceptors (Lipinski definition) is 4. The number of ketones is 1. The Kier molecular flexibility index (Phi) is 4.94. The van der Waals surface area contributed by atoms with Gasteiger partial charge in [0.2, 0.25) is 0 Å². The molecule has 2 aliphatic rings. The molecule has 0 spiro atoms. The molecule has 0 bridgehead atoms. The lowest BCUT2D eigenvalue weighted by molar-refractivity contribution is -0.125. The highest BCUT2D eigenvalue weighted by atomic mass is 35.5. The monoisotopic (exact) mass is 440 g/mol. The second-order valence-electron chi connectivity index (χ2n) is 7.61. The number of carbonyl (C=O) groups is 1. The third-order valence-electron chi connectivity index (χ3n) is 6.16. The lowest BCUT2D eigenvalue weighted by Gasteiger charge is -2.49. The number of Topliss-reactive ketones (excluding diaryl/α,β-unsaturated/α-hetero) is 1. The average molecular weight is 441 g/mol. The van der Waals surface area contributed by atoms with E-state index < -0.39 is 38.1 Å². The molecule has 29 heavy (non-hydrogen) atoms. The van der Waals surface area contributed by atoms with Gasteiger partial charge in [0.25, 0.3) is 0 Å². The fraction of sp³-hybridized carbons (Fsp3) is 0.381. The molecule has 0 amide bonds. The molecule has 4 nitrogen and oxygen atoms in total. The minimum absolute atomic E-state index is 0.0485. The van der Waals surface area contributed by atoms with E-state index in [0.717, 1.165) is 12.1 Å². The molecule has 2 aromatic rings. The van der Waals surface area contributed by atoms with Gasteiger partial charge in [-0.25, -0.2) is 17.2 Å². The standard InChI is InChI=1S/C21H19ClF2O4S/c1-12(25)15-3-2-10-21(29(26,27)14-6-4-13(22)5-7-14)16(15)11-28-20-18(24)9-8-17(23)19(20)21/h4-9,15-16H,2-3,10-11H2,1H3. The minimum Gasteiger partial charge on any atom is -0.490 e. The fourth-order valence-electron chi connectivity index (χ4n) is 4.88. The van der Waals surface area contributed by atoms with Gasteiger partial charge in [0.1, 0.15) is 16.3 Å². The van der Waals surface area contributed by atoms with Crippen molar-refractivity contribution in [3.63, 3.8) is 0 Å². The highest BCUT2D eigenvalue weighted by Crippen LogP contribution is 2.58. The third kappa shape index (κ3) is 2.89. The van der Waals surface area contributed by atoms with Crippen LogP contribution in [0.1, 0.15) is 31.7 Å². The van der Waals surface area contributed by atoms with Crippen molar-refractivity contribution in [3.05, 3.63) is 58.6 Å². The highest BCUT2D eigenvalue weighted by Gasteiger charge is 2.61. The van der Waals surface area contributed by atoms with E-state index in [1.807, 2.05) is 0 Å². The summed E-state index contributed by atoms with van der Waals surface area (Å²) in [4.78, 5) is 12.3. The SMILES string of the molecule is CC(=O)C1CCCC2(S(=O)(=O)c3ccc(Cl)cc3)c3c(F)ccc(F)c3OCC12. The summed E-state index contributed by atoms with van der Waals surface area (Å²) in [5.41, 5.74) is -0.311. The molecule has 154 valence electrons. The normalized spacial score (nSPS) is 26.2. The molecule has 0 saturated heterocycles. The quantitative estimate of drug-likeness (QED) is 0.695. The zero-order chi connectivity index (χ0) is 21.0. The van der Waals surface area contributed by atoms with Crippen LogP contribution in [0, 0.1) is 23.5 Å². The molecule has 3 atom stereocenters. The molecule has 2 aromatic carbocycles. The molecule has 1 fully saturated rings. The van der Waals surface area contributed by atoms with Crippen LogP contribution in [0.2, 0.25) is 5.02 Å². The first-order chi connectivity index (χ1) is 13.7. The van der Waals surface area contributed by atoms with Gasteiger partial charge >= 0.3 is 0 Å². The summed E-state index contributed by atoms with van der Waals surface area (Å²) in [5, 5.41) is 0.354. The van der Waals surface area contributed by atoms with Crippen molar-refractivity contribution < 1.29 is 26.7 Å². The Hall–Kier alpha value is -1.99. The molecule has 3 unspecified atom stereocenters. The van der Waals surface area contributed by atoms with Gasteiger partial charge in [0.05, 0.1) is 17.1 Å². The second kappa shape index (κ2) is 7.06. The minimum atomic E-state index is -4.22. The zero-order valence-corrected chi connectivity index (χ0v) is 17.2. The number of rotatable bonds is 3. The Morgan fingerprint density at radius 3 is 2.45 bits per heavy atom. The van der Waals surface area contributed by atoms with E-state index >= 15 is 4.39 Å². The first-order valence-electron chi connectivity index (χ1n) is 9.32. The zero-order valence-electron chi connectivity index (χ0n) is 15.6. The Morgan fingerprint density at radius 2 is 1.79 bits per heavy atom. The molecular formula is C21H19ClF2O4S. The summed E-state index contributed by atoms with van der Waals surface area (Å²) in [6.07, 6.45) is 0.944. The molecule has 1 aliphatic heterocycles. The molecule has 4 rings (SSSR count). The van der Waals surface area contributed by atoms with Crippen molar-refractivity contribution >= 4 is 27.2 Å². The number of carbonyl (C=O) groups excluding carboxylic acids is 1. The van der Waals surface area contributed by atoms with Crippen LogP contribution in [-0.2, 0) is 19.4 Å². The molecule has 1 heterocycles. The number of benzene rings is 2. The van der Waals surface area contributed by atoms with Crippen LogP contribution in [0.4, 0.5) is 8.78 Å². The van der Waals surface area contributed by atoms with Gasteiger partial charge in [-0.3, -0.25) is 4.79 Å². The van der Waals surface area contributed by atoms with Crippen molar-refractivity contribution in [2.24, 2.45) is 11.8 Å². The van der Waals surface area contributed by atoms with Crippen LogP contribution in [0.3, 0.4) is 0 Å². The maximum Gasteiger partial charge on any atom is 0.188 e. The number of ether oxygens (including phenoxy) is 1. The lowest BCUT2D eigenvalue weighted by Crippen LogP contribution is -2.55. The Labute approximate surface area is 172 Å². The Balaban J connectivity index is 2.05. The van der Waals surface area contributed by atoms with Crippen LogP contribution < -0.4 is 4.74 Å². The maximum atomic E-state index is 15.1. The van der Waals surface area contributed by atoms with Gasteiger partial charge in [0, 0.05) is 16.9 Å². The number of hydrogen-bond donors (Lipinski definition) is 0. The van der Waals surface area contributed by atoms with Crippen molar-refractivity contribution in [2.45, 2.75) is 35.8 Å². The molecule has 0 N–H and O–H groups in total. The molecule has 1 saturated carbocycles. The predicted octanol–water partition coefficient (Wildman–Crippen LogP) is 4.69. The maximum absolute atomic E-state index is 15.1. The summed E-state index contributed by atoms with van der Waals surface area (Å²) in [6, 6.07) is 7.42. The van der Waals surface area contributed by atoms with Crippen LogP contribution >= 0.6 is 11.6 Å². The largest absolute Gasteiger partial charge is 0.490 e. The fourth-order valence-corrected chi connectivity index (χ4v) is 7.42. The second-order valence-corrected chi connectivity index (χ2v) is 10.3. The predicted molar refractivity (Wildman–Crippen MR) is 104 cm³/mol. The van der Waals surface area contributed by atoms with E-state index in [1.165, 1.54) is 31.2 Å². The lowest BCUT2D eigenvalue weighted by atomic mass is 9.66. The van der Waals surface area contributed by atoms with E-state index in [-0.39, 0.29) is 35.0 Å². The van der Waals surface area contributed by atoms with E-state index in [4.69, 9.17) is 16.3 Å². The molecule has 1 aliphatic carbocycles. The summed E-state index contributed by atoms with van der Waals surface area (Å²) in [7, 11) is -4.22. The summed E-state index contributed by atoms with van der Waals surface area (Å²) in [5.74, 6) is -3.69. The van der Waals surface area contributed by atoms with Gasteiger partial charge in [-0.15, -0.1) is 0 Å². The van der Waals surface area contributed by atoms with Crippen molar-refractivity contribution in [2.75, 3.05) is 6.61 Å². The number of fused-ring (bicyclic) bond motifs is 3. The topological polar surface area (TPSA) is 60.4 Å². The van der Waals surface area contributed by atoms with Crippen LogP contribution in [0.15, 0.2) is 41.3 Å². The van der Waals surface area contributed by atoms with Gasteiger partial charge in [-0.05, 0) is 56.2 Å². The first-order valence-corrected chi connectivity index (χ1v) is 11.2. The van der Waals surface area contributed by atoms with Gasteiger partial charge in [0.15, 0.2) is 21.4 Å². The van der Waals surface area contributed by atoms with Crippen molar-refractivity contribution in [1.29, 1.82) is 0 Å². The van der Waals surface area contributed by atoms with E-state index in [0.29, 0.717) is 17.9 Å². The van der Waals surface area contributed by atoms with Crippen LogP contribution in [0.25, 0.3) is 0 Å². The highest BCUT2D eigenvalue weighted by molar-refractivity contribution is 7.92. The molecule has 8 heteroatoms. The van der Waals surface area contributed by atoms with E-state index in [9.17, 15) is 17.6 Å². The summed E-state index contributed by atoms with van der Waals surface area (Å²) in [6.45, 7) is 1.22. The summed E-state index contributed by atoms with van der Waals surface area (Å²) >= 11 is 5.91. The first kappa shape index (κ1) is 20.3. The molecule has 0 aromatic heterocycles. The number of sulfone groups is 1. The molecular weight excluding hydrogens is 422 g/mol. The van der Waals surface area contributed by atoms with Crippen LogP contribution in [-0.4, -0.2) is 20.8 Å². The van der Waals surface area contributed by atoms with Crippen LogP contribution in [0.5, 0.6) is 5.75 Å². The van der Waals surface area contributed by atoms with Gasteiger partial charge in [-0.2, -0.15) is 0 Å². The third-order valence-corrected chi connectivity index (χ3v) is 8.98. The Bertz CT molecular complexity index is 1080. The summed E-state index contributed by atoms with van der Waals surface area (Å²) < 4.78 is 61.2. The Morgan fingerprint density at radius 1 is 1.14 bits per heavy atom. The average Bonchev–Trinajstić information content (AvgIpc) is 2.69. The van der Waals surface area contributed by atoms with Gasteiger partial charge < -0.3 is 4.74 Å². The van der Waals surface area contributed by atoms with E-state index in [2.05, 4.69) is 0 Å².